The number of likely N-dealkylation sites (tertiary alicyclic amines) is 1. The molecule has 1 aromatic heterocycles. The lowest BCUT2D eigenvalue weighted by atomic mass is 10.1. The van der Waals surface area contributed by atoms with E-state index in [4.69, 9.17) is 4.99 Å². The van der Waals surface area contributed by atoms with Crippen molar-refractivity contribution >= 4 is 11.9 Å². The second kappa shape index (κ2) is 10.1. The van der Waals surface area contributed by atoms with E-state index in [0.717, 1.165) is 63.6 Å². The van der Waals surface area contributed by atoms with Crippen LogP contribution in [0.1, 0.15) is 57.3 Å². The van der Waals surface area contributed by atoms with E-state index in [0.29, 0.717) is 11.8 Å². The van der Waals surface area contributed by atoms with E-state index in [2.05, 4.69) is 52.2 Å². The normalized spacial score (nSPS) is 21.6. The van der Waals surface area contributed by atoms with Gasteiger partial charge in [-0.25, -0.2) is 0 Å². The summed E-state index contributed by atoms with van der Waals surface area (Å²) >= 11 is 0. The number of amides is 1. The maximum Gasteiger partial charge on any atom is 0.225 e. The molecule has 2 aliphatic rings. The SMILES string of the molecule is CCNC(=NCC(C)Cn1nc(C)cc1C)NC1CCN(C(=O)C2CCCC2)C1. The van der Waals surface area contributed by atoms with Crippen molar-refractivity contribution in [3.05, 3.63) is 17.5 Å². The van der Waals surface area contributed by atoms with E-state index in [9.17, 15) is 4.79 Å². The number of carbonyl (C=O) groups is 1. The maximum atomic E-state index is 12.7. The molecule has 0 bridgehead atoms. The van der Waals surface area contributed by atoms with E-state index in [1.807, 2.05) is 6.92 Å². The molecular weight excluding hydrogens is 364 g/mol. The Bertz CT molecular complexity index is 706. The molecule has 0 radical (unpaired) electrons. The van der Waals surface area contributed by atoms with Crippen LogP contribution in [0.2, 0.25) is 0 Å². The fourth-order valence-corrected chi connectivity index (χ4v) is 4.48. The summed E-state index contributed by atoms with van der Waals surface area (Å²) in [6.07, 6.45) is 5.55. The fraction of sp³-hybridized carbons (Fsp3) is 0.773. The third-order valence-electron chi connectivity index (χ3n) is 6.04. The molecule has 1 saturated carbocycles. The Kier molecular flexibility index (Phi) is 7.56. The number of aromatic nitrogens is 2. The van der Waals surface area contributed by atoms with Crippen molar-refractivity contribution in [3.63, 3.8) is 0 Å². The monoisotopic (exact) mass is 402 g/mol. The fourth-order valence-electron chi connectivity index (χ4n) is 4.48. The largest absolute Gasteiger partial charge is 0.357 e. The van der Waals surface area contributed by atoms with Crippen molar-refractivity contribution in [1.29, 1.82) is 0 Å². The molecule has 3 rings (SSSR count). The summed E-state index contributed by atoms with van der Waals surface area (Å²) in [7, 11) is 0. The number of aryl methyl sites for hydroxylation is 2. The molecule has 1 amide bonds. The van der Waals surface area contributed by atoms with Gasteiger partial charge in [0, 0.05) is 50.4 Å². The van der Waals surface area contributed by atoms with Crippen LogP contribution in [0.25, 0.3) is 0 Å². The number of nitrogens with zero attached hydrogens (tertiary/aromatic N) is 4. The van der Waals surface area contributed by atoms with Crippen LogP contribution >= 0.6 is 0 Å². The van der Waals surface area contributed by atoms with Crippen LogP contribution in [0.4, 0.5) is 0 Å². The van der Waals surface area contributed by atoms with Gasteiger partial charge in [0.15, 0.2) is 5.96 Å². The van der Waals surface area contributed by atoms with Crippen molar-refractivity contribution in [2.75, 3.05) is 26.2 Å². The Labute approximate surface area is 175 Å². The van der Waals surface area contributed by atoms with Gasteiger partial charge in [0.1, 0.15) is 0 Å². The zero-order chi connectivity index (χ0) is 20.8. The molecule has 0 aromatic carbocycles. The lowest BCUT2D eigenvalue weighted by Crippen LogP contribution is -2.45. The summed E-state index contributed by atoms with van der Waals surface area (Å²) < 4.78 is 2.07. The van der Waals surface area contributed by atoms with Gasteiger partial charge in [-0.2, -0.15) is 5.10 Å². The second-order valence-corrected chi connectivity index (χ2v) is 8.83. The number of hydrogen-bond donors (Lipinski definition) is 2. The molecular formula is C22H38N6O. The number of hydrogen-bond acceptors (Lipinski definition) is 3. The topological polar surface area (TPSA) is 74.6 Å². The number of nitrogens with one attached hydrogen (secondary N) is 2. The van der Waals surface area contributed by atoms with Crippen LogP contribution in [0.5, 0.6) is 0 Å². The third kappa shape index (κ3) is 5.97. The molecule has 0 spiro atoms. The predicted molar refractivity (Wildman–Crippen MR) is 117 cm³/mol. The molecule has 2 fully saturated rings. The number of aliphatic imine (C=N–C) groups is 1. The molecule has 7 heteroatoms. The van der Waals surface area contributed by atoms with Gasteiger partial charge < -0.3 is 15.5 Å². The van der Waals surface area contributed by atoms with E-state index >= 15 is 0 Å². The maximum absolute atomic E-state index is 12.7. The third-order valence-corrected chi connectivity index (χ3v) is 6.04. The van der Waals surface area contributed by atoms with E-state index in [1.54, 1.807) is 0 Å². The minimum absolute atomic E-state index is 0.269. The lowest BCUT2D eigenvalue weighted by molar-refractivity contribution is -0.134. The molecule has 1 aliphatic carbocycles. The van der Waals surface area contributed by atoms with Gasteiger partial charge in [-0.3, -0.25) is 14.5 Å². The summed E-state index contributed by atoms with van der Waals surface area (Å²) in [4.78, 5) is 19.5. The minimum Gasteiger partial charge on any atom is -0.357 e. The summed E-state index contributed by atoms with van der Waals surface area (Å²) in [6.45, 7) is 12.5. The predicted octanol–water partition coefficient (Wildman–Crippen LogP) is 2.48. The van der Waals surface area contributed by atoms with Crippen LogP contribution < -0.4 is 10.6 Å². The van der Waals surface area contributed by atoms with E-state index in [-0.39, 0.29) is 12.0 Å². The number of carbonyl (C=O) groups excluding carboxylic acids is 1. The lowest BCUT2D eigenvalue weighted by Gasteiger charge is -2.21. The van der Waals surface area contributed by atoms with Gasteiger partial charge in [-0.1, -0.05) is 19.8 Å². The minimum atomic E-state index is 0.269. The molecule has 1 aliphatic heterocycles. The number of guanidine groups is 1. The first kappa shape index (κ1) is 21.7. The highest BCUT2D eigenvalue weighted by Crippen LogP contribution is 2.27. The van der Waals surface area contributed by atoms with Crippen LogP contribution in [0.3, 0.4) is 0 Å². The van der Waals surface area contributed by atoms with Gasteiger partial charge >= 0.3 is 0 Å². The molecule has 1 saturated heterocycles. The van der Waals surface area contributed by atoms with Crippen LogP contribution in [0, 0.1) is 25.7 Å². The van der Waals surface area contributed by atoms with Gasteiger partial charge in [0.2, 0.25) is 5.91 Å². The van der Waals surface area contributed by atoms with Crippen molar-refractivity contribution in [2.45, 2.75) is 72.4 Å². The highest BCUT2D eigenvalue weighted by molar-refractivity contribution is 5.81. The molecule has 2 N–H and O–H groups in total. The summed E-state index contributed by atoms with van der Waals surface area (Å²) in [5.74, 6) is 1.89. The quantitative estimate of drug-likeness (QED) is 0.543. The zero-order valence-corrected chi connectivity index (χ0v) is 18.6. The van der Waals surface area contributed by atoms with Crippen LogP contribution in [0.15, 0.2) is 11.1 Å². The Morgan fingerprint density at radius 3 is 2.72 bits per heavy atom. The van der Waals surface area contributed by atoms with Gasteiger partial charge in [0.05, 0.1) is 5.69 Å². The van der Waals surface area contributed by atoms with Gasteiger partial charge in [0.25, 0.3) is 0 Å². The Balaban J connectivity index is 1.50. The van der Waals surface area contributed by atoms with Gasteiger partial charge in [-0.15, -0.1) is 0 Å². The second-order valence-electron chi connectivity index (χ2n) is 8.83. The van der Waals surface area contributed by atoms with Gasteiger partial charge in [-0.05, 0) is 52.0 Å². The summed E-state index contributed by atoms with van der Waals surface area (Å²) in [6, 6.07) is 2.39. The highest BCUT2D eigenvalue weighted by atomic mass is 16.2. The number of rotatable bonds is 7. The zero-order valence-electron chi connectivity index (χ0n) is 18.6. The molecule has 1 aromatic rings. The summed E-state index contributed by atoms with van der Waals surface area (Å²) in [5, 5.41) is 11.5. The first-order chi connectivity index (χ1) is 14.0. The molecule has 2 heterocycles. The average Bonchev–Trinajstić information content (AvgIpc) is 3.42. The standard InChI is InChI=1S/C22H38N6O/c1-5-23-22(24-13-16(2)14-28-18(4)12-17(3)26-28)25-20-10-11-27(15-20)21(29)19-8-6-7-9-19/h12,16,19-20H,5-11,13-15H2,1-4H3,(H2,23,24,25). The van der Waals surface area contributed by atoms with Crippen LogP contribution in [-0.2, 0) is 11.3 Å². The molecule has 162 valence electrons. The van der Waals surface area contributed by atoms with Crippen LogP contribution in [-0.4, -0.2) is 58.8 Å². The van der Waals surface area contributed by atoms with Crippen molar-refractivity contribution in [3.8, 4) is 0 Å². The smallest absolute Gasteiger partial charge is 0.225 e. The van der Waals surface area contributed by atoms with Crippen molar-refractivity contribution < 1.29 is 4.79 Å². The Morgan fingerprint density at radius 2 is 2.07 bits per heavy atom. The Hall–Kier alpha value is -2.05. The van der Waals surface area contributed by atoms with E-state index in [1.165, 1.54) is 18.5 Å². The van der Waals surface area contributed by atoms with E-state index < -0.39 is 0 Å². The summed E-state index contributed by atoms with van der Waals surface area (Å²) in [5.41, 5.74) is 2.26. The molecule has 7 nitrogen and oxygen atoms in total. The Morgan fingerprint density at radius 1 is 1.31 bits per heavy atom. The van der Waals surface area contributed by atoms with Crippen molar-refractivity contribution in [2.24, 2.45) is 16.8 Å². The first-order valence-corrected chi connectivity index (χ1v) is 11.3. The molecule has 29 heavy (non-hydrogen) atoms. The average molecular weight is 403 g/mol. The first-order valence-electron chi connectivity index (χ1n) is 11.3. The van der Waals surface area contributed by atoms with Crippen molar-refractivity contribution in [1.82, 2.24) is 25.3 Å². The highest BCUT2D eigenvalue weighted by Gasteiger charge is 2.32. The molecule has 2 atom stereocenters. The molecule has 2 unspecified atom stereocenters.